The SMILES string of the molecule is CC(C)(C)[Si](OC(CO)c1ccccc1)(c1ccccc1)C(C)(C)C. The van der Waals surface area contributed by atoms with E-state index in [1.54, 1.807) is 0 Å². The first-order valence-electron chi connectivity index (χ1n) is 9.02. The van der Waals surface area contributed by atoms with Gasteiger partial charge in [0.05, 0.1) is 12.7 Å². The van der Waals surface area contributed by atoms with Crippen molar-refractivity contribution in [1.82, 2.24) is 0 Å². The topological polar surface area (TPSA) is 29.5 Å². The Kier molecular flexibility index (Phi) is 5.92. The Morgan fingerprint density at radius 3 is 1.64 bits per heavy atom. The van der Waals surface area contributed by atoms with Crippen LogP contribution >= 0.6 is 0 Å². The fraction of sp³-hybridized carbons (Fsp3) is 0.455. The Hall–Kier alpha value is -1.42. The van der Waals surface area contributed by atoms with Gasteiger partial charge in [-0.25, -0.2) is 0 Å². The maximum absolute atomic E-state index is 10.1. The van der Waals surface area contributed by atoms with E-state index in [0.717, 1.165) is 5.56 Å². The van der Waals surface area contributed by atoms with Gasteiger partial charge in [-0.3, -0.25) is 0 Å². The highest BCUT2D eigenvalue weighted by molar-refractivity contribution is 6.91. The van der Waals surface area contributed by atoms with E-state index in [9.17, 15) is 5.11 Å². The van der Waals surface area contributed by atoms with Crippen LogP contribution in [0.1, 0.15) is 53.2 Å². The molecule has 0 aliphatic carbocycles. The van der Waals surface area contributed by atoms with Gasteiger partial charge < -0.3 is 9.53 Å². The monoisotopic (exact) mass is 356 g/mol. The highest BCUT2D eigenvalue weighted by Gasteiger charge is 2.57. The summed E-state index contributed by atoms with van der Waals surface area (Å²) in [4.78, 5) is 0. The quantitative estimate of drug-likeness (QED) is 0.747. The van der Waals surface area contributed by atoms with Crippen LogP contribution in [0.25, 0.3) is 0 Å². The highest BCUT2D eigenvalue weighted by atomic mass is 28.4. The van der Waals surface area contributed by atoms with Crippen LogP contribution in [0.3, 0.4) is 0 Å². The molecule has 0 aromatic heterocycles. The second-order valence-electron chi connectivity index (χ2n) is 8.75. The number of hydrogen-bond acceptors (Lipinski definition) is 2. The summed E-state index contributed by atoms with van der Waals surface area (Å²) in [5.74, 6) is 0. The van der Waals surface area contributed by atoms with E-state index in [-0.39, 0.29) is 22.8 Å². The van der Waals surface area contributed by atoms with Gasteiger partial charge in [-0.1, -0.05) is 102 Å². The van der Waals surface area contributed by atoms with E-state index in [1.807, 2.05) is 30.3 Å². The number of rotatable bonds is 5. The molecule has 2 aromatic carbocycles. The van der Waals surface area contributed by atoms with Crippen LogP contribution in [0.2, 0.25) is 10.1 Å². The van der Waals surface area contributed by atoms with E-state index >= 15 is 0 Å². The molecular weight excluding hydrogens is 324 g/mol. The van der Waals surface area contributed by atoms with E-state index < -0.39 is 8.32 Å². The lowest BCUT2D eigenvalue weighted by Gasteiger charge is -2.52. The van der Waals surface area contributed by atoms with Gasteiger partial charge in [0.2, 0.25) is 8.32 Å². The molecular formula is C22H32O2Si. The Bertz CT molecular complexity index is 640. The summed E-state index contributed by atoms with van der Waals surface area (Å²) < 4.78 is 6.98. The molecule has 0 radical (unpaired) electrons. The third-order valence-corrected chi connectivity index (χ3v) is 11.0. The maximum Gasteiger partial charge on any atom is 0.235 e. The fourth-order valence-corrected chi connectivity index (χ4v) is 10.3. The van der Waals surface area contributed by atoms with Crippen molar-refractivity contribution in [2.45, 2.75) is 57.7 Å². The van der Waals surface area contributed by atoms with Crippen molar-refractivity contribution in [2.24, 2.45) is 0 Å². The zero-order valence-corrected chi connectivity index (χ0v) is 17.4. The van der Waals surface area contributed by atoms with Crippen LogP contribution in [0.5, 0.6) is 0 Å². The first-order chi connectivity index (χ1) is 11.6. The zero-order chi connectivity index (χ0) is 18.7. The summed E-state index contributed by atoms with van der Waals surface area (Å²) >= 11 is 0. The summed E-state index contributed by atoms with van der Waals surface area (Å²) in [5.41, 5.74) is 1.03. The summed E-state index contributed by atoms with van der Waals surface area (Å²) in [5, 5.41) is 11.3. The first kappa shape index (κ1) is 19.9. The molecule has 0 heterocycles. The minimum absolute atomic E-state index is 0.0161. The fourth-order valence-electron chi connectivity index (χ4n) is 4.18. The minimum Gasteiger partial charge on any atom is -0.402 e. The van der Waals surface area contributed by atoms with E-state index in [1.165, 1.54) is 5.19 Å². The van der Waals surface area contributed by atoms with Gasteiger partial charge in [0.1, 0.15) is 0 Å². The molecule has 0 spiro atoms. The largest absolute Gasteiger partial charge is 0.402 e. The van der Waals surface area contributed by atoms with Crippen molar-refractivity contribution < 1.29 is 9.53 Å². The number of hydrogen-bond donors (Lipinski definition) is 1. The van der Waals surface area contributed by atoms with Crippen molar-refractivity contribution in [3.63, 3.8) is 0 Å². The van der Waals surface area contributed by atoms with Crippen molar-refractivity contribution in [2.75, 3.05) is 6.61 Å². The molecule has 1 atom stereocenters. The molecule has 0 saturated heterocycles. The third kappa shape index (κ3) is 3.89. The lowest BCUT2D eigenvalue weighted by molar-refractivity contribution is 0.0975. The average Bonchev–Trinajstić information content (AvgIpc) is 2.55. The number of benzene rings is 2. The molecule has 2 nitrogen and oxygen atoms in total. The lowest BCUT2D eigenvalue weighted by Crippen LogP contribution is -2.64. The molecule has 2 aromatic rings. The van der Waals surface area contributed by atoms with Crippen LogP contribution in [-0.4, -0.2) is 20.0 Å². The van der Waals surface area contributed by atoms with Gasteiger partial charge in [-0.05, 0) is 20.8 Å². The van der Waals surface area contributed by atoms with Gasteiger partial charge in [0.25, 0.3) is 0 Å². The molecule has 3 heteroatoms. The lowest BCUT2D eigenvalue weighted by atomic mass is 10.1. The standard InChI is InChI=1S/C22H32O2Si/c1-21(2,3)25(22(4,5)6,19-15-11-8-12-16-19)24-20(17-23)18-13-9-7-10-14-18/h7-16,20,23H,17H2,1-6H3. The van der Waals surface area contributed by atoms with Crippen molar-refractivity contribution in [1.29, 1.82) is 0 Å². The predicted molar refractivity (Wildman–Crippen MR) is 109 cm³/mol. The van der Waals surface area contributed by atoms with E-state index in [2.05, 4.69) is 71.9 Å². The van der Waals surface area contributed by atoms with Crippen molar-refractivity contribution in [3.05, 3.63) is 66.2 Å². The smallest absolute Gasteiger partial charge is 0.235 e. The normalized spacial score (nSPS) is 14.4. The molecule has 25 heavy (non-hydrogen) atoms. The predicted octanol–water partition coefficient (Wildman–Crippen LogP) is 5.19. The van der Waals surface area contributed by atoms with Crippen LogP contribution < -0.4 is 5.19 Å². The molecule has 136 valence electrons. The van der Waals surface area contributed by atoms with E-state index in [0.29, 0.717) is 0 Å². The second kappa shape index (κ2) is 7.44. The molecule has 0 aliphatic rings. The molecule has 0 saturated carbocycles. The summed E-state index contributed by atoms with van der Waals surface area (Å²) in [6.07, 6.45) is -0.313. The van der Waals surface area contributed by atoms with Gasteiger partial charge in [-0.2, -0.15) is 0 Å². The molecule has 0 aliphatic heterocycles. The molecule has 0 fully saturated rings. The van der Waals surface area contributed by atoms with E-state index in [4.69, 9.17) is 4.43 Å². The van der Waals surface area contributed by atoms with Gasteiger partial charge in [-0.15, -0.1) is 0 Å². The van der Waals surface area contributed by atoms with Crippen LogP contribution in [0, 0.1) is 0 Å². The second-order valence-corrected chi connectivity index (χ2v) is 13.9. The Morgan fingerprint density at radius 1 is 0.800 bits per heavy atom. The van der Waals surface area contributed by atoms with Crippen LogP contribution in [0.15, 0.2) is 60.7 Å². The number of aliphatic hydroxyl groups is 1. The van der Waals surface area contributed by atoms with Gasteiger partial charge in [0.15, 0.2) is 0 Å². The number of aliphatic hydroxyl groups excluding tert-OH is 1. The Balaban J connectivity index is 2.62. The molecule has 1 N–H and O–H groups in total. The summed E-state index contributed by atoms with van der Waals surface area (Å²) in [7, 11) is -2.50. The van der Waals surface area contributed by atoms with Crippen molar-refractivity contribution >= 4 is 13.5 Å². The zero-order valence-electron chi connectivity index (χ0n) is 16.4. The molecule has 1 unspecified atom stereocenters. The Labute approximate surface area is 154 Å². The van der Waals surface area contributed by atoms with Crippen molar-refractivity contribution in [3.8, 4) is 0 Å². The highest BCUT2D eigenvalue weighted by Crippen LogP contribution is 2.52. The Morgan fingerprint density at radius 2 is 1.24 bits per heavy atom. The van der Waals surface area contributed by atoms with Crippen LogP contribution in [0.4, 0.5) is 0 Å². The molecule has 0 bridgehead atoms. The van der Waals surface area contributed by atoms with Gasteiger partial charge >= 0.3 is 0 Å². The van der Waals surface area contributed by atoms with Gasteiger partial charge in [0, 0.05) is 0 Å². The minimum atomic E-state index is -2.50. The summed E-state index contributed by atoms with van der Waals surface area (Å²) in [6.45, 7) is 13.6. The third-order valence-electron chi connectivity index (χ3n) is 4.95. The average molecular weight is 357 g/mol. The molecule has 2 rings (SSSR count). The maximum atomic E-state index is 10.1. The summed E-state index contributed by atoms with van der Waals surface area (Å²) in [6, 6.07) is 20.7. The van der Waals surface area contributed by atoms with Crippen LogP contribution in [-0.2, 0) is 4.43 Å². The molecule has 0 amide bonds. The first-order valence-corrected chi connectivity index (χ1v) is 10.9.